The van der Waals surface area contributed by atoms with Crippen molar-refractivity contribution in [3.63, 3.8) is 0 Å². The van der Waals surface area contributed by atoms with E-state index in [9.17, 15) is 0 Å². The van der Waals surface area contributed by atoms with Gasteiger partial charge in [-0.15, -0.1) is 0 Å². The van der Waals surface area contributed by atoms with Gasteiger partial charge >= 0.3 is 0 Å². The van der Waals surface area contributed by atoms with Crippen LogP contribution >= 0.6 is 0 Å². The summed E-state index contributed by atoms with van der Waals surface area (Å²) in [5.41, 5.74) is 1.61. The fraction of sp³-hybridized carbons (Fsp3) is 0.250. The number of rotatable bonds is 7. The highest BCUT2D eigenvalue weighted by Gasteiger charge is 2.12. The van der Waals surface area contributed by atoms with E-state index in [1.165, 1.54) is 0 Å². The van der Waals surface area contributed by atoms with Gasteiger partial charge in [-0.3, -0.25) is 0 Å². The molecule has 0 atom stereocenters. The van der Waals surface area contributed by atoms with Gasteiger partial charge in [0.05, 0.1) is 19.8 Å². The predicted octanol–water partition coefficient (Wildman–Crippen LogP) is 2.21. The minimum absolute atomic E-state index is 0.0283. The van der Waals surface area contributed by atoms with E-state index in [0.717, 1.165) is 11.4 Å². The van der Waals surface area contributed by atoms with E-state index in [0.29, 0.717) is 31.3 Å². The van der Waals surface area contributed by atoms with Gasteiger partial charge in [-0.05, 0) is 12.1 Å². The van der Waals surface area contributed by atoms with Crippen LogP contribution < -0.4 is 0 Å². The molecule has 0 spiro atoms. The molecule has 0 saturated carbocycles. The van der Waals surface area contributed by atoms with Crippen LogP contribution in [0.25, 0.3) is 23.0 Å². The van der Waals surface area contributed by atoms with E-state index in [4.69, 9.17) is 14.3 Å². The van der Waals surface area contributed by atoms with Crippen molar-refractivity contribution in [2.24, 2.45) is 0 Å². The summed E-state index contributed by atoms with van der Waals surface area (Å²) in [6.45, 7) is 1.52. The van der Waals surface area contributed by atoms with Crippen LogP contribution in [0.5, 0.6) is 0 Å². The number of aliphatic hydroxyl groups excluding tert-OH is 1. The summed E-state index contributed by atoms with van der Waals surface area (Å²) >= 11 is 0. The Hall–Kier alpha value is -2.44. The van der Waals surface area contributed by atoms with E-state index in [1.807, 2.05) is 41.1 Å². The molecule has 114 valence electrons. The summed E-state index contributed by atoms with van der Waals surface area (Å²) in [6, 6.07) is 9.74. The summed E-state index contributed by atoms with van der Waals surface area (Å²) in [6.07, 6.45) is 5.20. The van der Waals surface area contributed by atoms with Crippen LogP contribution in [0.15, 0.2) is 53.4 Å². The van der Waals surface area contributed by atoms with Gasteiger partial charge in [-0.1, -0.05) is 18.2 Å². The van der Waals surface area contributed by atoms with Gasteiger partial charge in [0.2, 0.25) is 5.89 Å². The second kappa shape index (κ2) is 7.02. The molecule has 2 aromatic heterocycles. The van der Waals surface area contributed by atoms with Crippen molar-refractivity contribution in [2.45, 2.75) is 6.54 Å². The van der Waals surface area contributed by atoms with Crippen molar-refractivity contribution in [3.8, 4) is 23.0 Å². The Morgan fingerprint density at radius 1 is 1.18 bits per heavy atom. The summed E-state index contributed by atoms with van der Waals surface area (Å²) in [7, 11) is 0. The Morgan fingerprint density at radius 3 is 2.86 bits per heavy atom. The molecule has 3 rings (SSSR count). The molecule has 0 saturated heterocycles. The number of oxazole rings is 1. The fourth-order valence-electron chi connectivity index (χ4n) is 2.14. The normalized spacial score (nSPS) is 11.0. The average molecular weight is 299 g/mol. The number of hydrogen-bond donors (Lipinski definition) is 1. The monoisotopic (exact) mass is 299 g/mol. The van der Waals surface area contributed by atoms with Gasteiger partial charge in [0.15, 0.2) is 5.82 Å². The van der Waals surface area contributed by atoms with Gasteiger partial charge < -0.3 is 18.8 Å². The SMILES string of the molecule is OCCOCCn1ccnc1-c1coc(-c2ccccc2)n1. The van der Waals surface area contributed by atoms with Crippen molar-refractivity contribution in [1.82, 2.24) is 14.5 Å². The molecule has 6 heteroatoms. The number of aliphatic hydroxyl groups is 1. The molecule has 3 aromatic rings. The fourth-order valence-corrected chi connectivity index (χ4v) is 2.14. The van der Waals surface area contributed by atoms with Crippen molar-refractivity contribution < 1.29 is 14.3 Å². The Kier molecular flexibility index (Phi) is 4.62. The molecule has 1 N–H and O–H groups in total. The molecule has 2 heterocycles. The zero-order chi connectivity index (χ0) is 15.2. The first-order valence-electron chi connectivity index (χ1n) is 7.09. The van der Waals surface area contributed by atoms with Crippen LogP contribution in [0, 0.1) is 0 Å². The molecule has 22 heavy (non-hydrogen) atoms. The molecule has 0 amide bonds. The lowest BCUT2D eigenvalue weighted by atomic mass is 10.2. The summed E-state index contributed by atoms with van der Waals surface area (Å²) in [4.78, 5) is 8.83. The molecule has 0 unspecified atom stereocenters. The molecule has 0 fully saturated rings. The third-order valence-electron chi connectivity index (χ3n) is 3.18. The maximum absolute atomic E-state index is 8.70. The minimum Gasteiger partial charge on any atom is -0.444 e. The van der Waals surface area contributed by atoms with E-state index in [2.05, 4.69) is 9.97 Å². The quantitative estimate of drug-likeness (QED) is 0.677. The number of ether oxygens (including phenoxy) is 1. The maximum Gasteiger partial charge on any atom is 0.226 e. The van der Waals surface area contributed by atoms with Crippen LogP contribution in [-0.2, 0) is 11.3 Å². The third kappa shape index (κ3) is 3.24. The van der Waals surface area contributed by atoms with Crippen LogP contribution in [-0.4, -0.2) is 39.5 Å². The molecular weight excluding hydrogens is 282 g/mol. The average Bonchev–Trinajstić information content (AvgIpc) is 3.21. The predicted molar refractivity (Wildman–Crippen MR) is 81.1 cm³/mol. The van der Waals surface area contributed by atoms with Crippen LogP contribution in [0.1, 0.15) is 0 Å². The third-order valence-corrected chi connectivity index (χ3v) is 3.18. The van der Waals surface area contributed by atoms with Gasteiger partial charge in [0, 0.05) is 24.5 Å². The highest BCUT2D eigenvalue weighted by Crippen LogP contribution is 2.23. The Balaban J connectivity index is 1.75. The second-order valence-electron chi connectivity index (χ2n) is 4.68. The highest BCUT2D eigenvalue weighted by atomic mass is 16.5. The lowest BCUT2D eigenvalue weighted by Crippen LogP contribution is -2.09. The highest BCUT2D eigenvalue weighted by molar-refractivity contribution is 5.58. The smallest absolute Gasteiger partial charge is 0.226 e. The lowest BCUT2D eigenvalue weighted by Gasteiger charge is -2.06. The largest absolute Gasteiger partial charge is 0.444 e. The van der Waals surface area contributed by atoms with Crippen molar-refractivity contribution in [2.75, 3.05) is 19.8 Å². The Labute approximate surface area is 128 Å². The van der Waals surface area contributed by atoms with Crippen LogP contribution in [0.2, 0.25) is 0 Å². The number of hydrogen-bond acceptors (Lipinski definition) is 5. The number of aromatic nitrogens is 3. The van der Waals surface area contributed by atoms with Crippen molar-refractivity contribution >= 4 is 0 Å². The summed E-state index contributed by atoms with van der Waals surface area (Å²) in [5, 5.41) is 8.70. The Bertz CT molecular complexity index is 706. The zero-order valence-corrected chi connectivity index (χ0v) is 12.1. The standard InChI is InChI=1S/C16H17N3O3/c20-9-11-21-10-8-19-7-6-17-15(19)14-12-22-16(18-14)13-4-2-1-3-5-13/h1-7,12,20H,8-11H2. The van der Waals surface area contributed by atoms with Crippen LogP contribution in [0.3, 0.4) is 0 Å². The molecular formula is C16H17N3O3. The first-order valence-corrected chi connectivity index (χ1v) is 7.09. The molecule has 1 aromatic carbocycles. The zero-order valence-electron chi connectivity index (χ0n) is 12.1. The van der Waals surface area contributed by atoms with Crippen LogP contribution in [0.4, 0.5) is 0 Å². The van der Waals surface area contributed by atoms with Gasteiger partial charge in [-0.25, -0.2) is 9.97 Å². The van der Waals surface area contributed by atoms with Crippen molar-refractivity contribution in [1.29, 1.82) is 0 Å². The Morgan fingerprint density at radius 2 is 2.05 bits per heavy atom. The molecule has 0 aliphatic rings. The molecule has 0 aliphatic heterocycles. The number of nitrogens with zero attached hydrogens (tertiary/aromatic N) is 3. The second-order valence-corrected chi connectivity index (χ2v) is 4.68. The number of imidazole rings is 1. The first-order chi connectivity index (χ1) is 10.9. The van der Waals surface area contributed by atoms with Gasteiger partial charge in [0.1, 0.15) is 12.0 Å². The number of benzene rings is 1. The van der Waals surface area contributed by atoms with Gasteiger partial charge in [-0.2, -0.15) is 0 Å². The topological polar surface area (TPSA) is 73.3 Å². The summed E-state index contributed by atoms with van der Waals surface area (Å²) in [5.74, 6) is 1.31. The minimum atomic E-state index is 0.0283. The molecule has 6 nitrogen and oxygen atoms in total. The van der Waals surface area contributed by atoms with Crippen molar-refractivity contribution in [3.05, 3.63) is 49.0 Å². The van der Waals surface area contributed by atoms with E-state index in [-0.39, 0.29) is 6.61 Å². The molecule has 0 aliphatic carbocycles. The van der Waals surface area contributed by atoms with E-state index in [1.54, 1.807) is 12.5 Å². The van der Waals surface area contributed by atoms with E-state index >= 15 is 0 Å². The summed E-state index contributed by atoms with van der Waals surface area (Å²) < 4.78 is 12.8. The first kappa shape index (κ1) is 14.5. The van der Waals surface area contributed by atoms with Gasteiger partial charge in [0.25, 0.3) is 0 Å². The van der Waals surface area contributed by atoms with E-state index < -0.39 is 0 Å². The maximum atomic E-state index is 8.70. The molecule has 0 radical (unpaired) electrons. The lowest BCUT2D eigenvalue weighted by molar-refractivity contribution is 0.0872. The molecule has 0 bridgehead atoms.